The van der Waals surface area contributed by atoms with E-state index < -0.39 is 0 Å². The van der Waals surface area contributed by atoms with Gasteiger partial charge in [-0.3, -0.25) is 4.79 Å². The van der Waals surface area contributed by atoms with Crippen LogP contribution in [0.25, 0.3) is 0 Å². The first-order valence-electron chi connectivity index (χ1n) is 5.33. The van der Waals surface area contributed by atoms with Gasteiger partial charge in [-0.1, -0.05) is 0 Å². The molecule has 14 heavy (non-hydrogen) atoms. The number of rotatable bonds is 2. The molecule has 1 unspecified atom stereocenters. The molecule has 2 fully saturated rings. The molecule has 4 heteroatoms. The maximum atomic E-state index is 11.8. The largest absolute Gasteiger partial charge is 0.379 e. The van der Waals surface area contributed by atoms with Gasteiger partial charge in [0.15, 0.2) is 0 Å². The molecule has 2 aliphatic rings. The zero-order chi connectivity index (χ0) is 10.0. The topological polar surface area (TPSA) is 50.4 Å². The molecule has 2 aliphatic heterocycles. The summed E-state index contributed by atoms with van der Waals surface area (Å²) in [5, 5.41) is 6.27. The van der Waals surface area contributed by atoms with E-state index in [1.54, 1.807) is 0 Å². The van der Waals surface area contributed by atoms with E-state index in [0.717, 1.165) is 32.4 Å². The van der Waals surface area contributed by atoms with E-state index in [-0.39, 0.29) is 17.5 Å². The highest BCUT2D eigenvalue weighted by Gasteiger charge is 2.33. The molecule has 1 amide bonds. The lowest BCUT2D eigenvalue weighted by molar-refractivity contribution is -0.124. The first-order valence-corrected chi connectivity index (χ1v) is 5.33. The quantitative estimate of drug-likeness (QED) is 0.658. The van der Waals surface area contributed by atoms with Crippen LogP contribution in [0.2, 0.25) is 0 Å². The molecular formula is C10H18N2O2. The van der Waals surface area contributed by atoms with Crippen molar-refractivity contribution in [1.29, 1.82) is 0 Å². The van der Waals surface area contributed by atoms with Crippen LogP contribution in [0.4, 0.5) is 0 Å². The Morgan fingerprint density at radius 1 is 1.64 bits per heavy atom. The molecule has 2 atom stereocenters. The van der Waals surface area contributed by atoms with E-state index >= 15 is 0 Å². The van der Waals surface area contributed by atoms with Crippen LogP contribution in [0.5, 0.6) is 0 Å². The summed E-state index contributed by atoms with van der Waals surface area (Å²) in [7, 11) is 0. The fourth-order valence-electron chi connectivity index (χ4n) is 2.06. The number of carbonyl (C=O) groups excluding carboxylic acids is 1. The minimum Gasteiger partial charge on any atom is -0.379 e. The van der Waals surface area contributed by atoms with Crippen LogP contribution in [0, 0.1) is 0 Å². The van der Waals surface area contributed by atoms with Gasteiger partial charge >= 0.3 is 0 Å². The van der Waals surface area contributed by atoms with Gasteiger partial charge in [0.2, 0.25) is 5.91 Å². The molecule has 0 saturated carbocycles. The maximum absolute atomic E-state index is 11.8. The molecule has 0 bridgehead atoms. The fourth-order valence-corrected chi connectivity index (χ4v) is 2.06. The van der Waals surface area contributed by atoms with Gasteiger partial charge in [0.25, 0.3) is 0 Å². The van der Waals surface area contributed by atoms with Gasteiger partial charge < -0.3 is 15.4 Å². The summed E-state index contributed by atoms with van der Waals surface area (Å²) >= 11 is 0. The van der Waals surface area contributed by atoms with E-state index in [9.17, 15) is 4.79 Å². The Labute approximate surface area is 84.4 Å². The zero-order valence-electron chi connectivity index (χ0n) is 8.64. The molecule has 2 heterocycles. The molecule has 80 valence electrons. The molecule has 0 spiro atoms. The Bertz CT molecular complexity index is 218. The average molecular weight is 198 g/mol. The zero-order valence-corrected chi connectivity index (χ0v) is 8.64. The molecule has 0 aromatic carbocycles. The maximum Gasteiger partial charge on any atom is 0.237 e. The minimum absolute atomic E-state index is 0.0208. The van der Waals surface area contributed by atoms with Crippen LogP contribution < -0.4 is 10.6 Å². The van der Waals surface area contributed by atoms with Crippen molar-refractivity contribution in [3.63, 3.8) is 0 Å². The second-order valence-corrected chi connectivity index (χ2v) is 4.50. The summed E-state index contributed by atoms with van der Waals surface area (Å²) in [5.74, 6) is 0.135. The van der Waals surface area contributed by atoms with Crippen LogP contribution in [0.1, 0.15) is 26.2 Å². The third kappa shape index (κ3) is 2.07. The second-order valence-electron chi connectivity index (χ2n) is 4.50. The Kier molecular flexibility index (Phi) is 2.74. The highest BCUT2D eigenvalue weighted by atomic mass is 16.5. The first kappa shape index (κ1) is 9.93. The Morgan fingerprint density at radius 2 is 2.50 bits per heavy atom. The monoisotopic (exact) mass is 198 g/mol. The van der Waals surface area contributed by atoms with E-state index in [4.69, 9.17) is 4.74 Å². The van der Waals surface area contributed by atoms with E-state index in [1.807, 2.05) is 6.92 Å². The Morgan fingerprint density at radius 3 is 3.07 bits per heavy atom. The van der Waals surface area contributed by atoms with E-state index in [0.29, 0.717) is 6.61 Å². The van der Waals surface area contributed by atoms with Gasteiger partial charge in [0.05, 0.1) is 18.2 Å². The number of nitrogens with one attached hydrogen (secondary N) is 2. The lowest BCUT2D eigenvalue weighted by atomic mass is 10.0. The van der Waals surface area contributed by atoms with Crippen molar-refractivity contribution in [2.75, 3.05) is 19.8 Å². The summed E-state index contributed by atoms with van der Waals surface area (Å²) in [4.78, 5) is 11.8. The van der Waals surface area contributed by atoms with Gasteiger partial charge in [0.1, 0.15) is 0 Å². The molecule has 0 aromatic heterocycles. The van der Waals surface area contributed by atoms with Gasteiger partial charge in [-0.05, 0) is 32.7 Å². The first-order chi connectivity index (χ1) is 6.70. The summed E-state index contributed by atoms with van der Waals surface area (Å²) in [6.07, 6.45) is 2.99. The lowest BCUT2D eigenvalue weighted by Crippen LogP contribution is -2.52. The van der Waals surface area contributed by atoms with E-state index in [2.05, 4.69) is 10.6 Å². The van der Waals surface area contributed by atoms with Crippen LogP contribution in [0.3, 0.4) is 0 Å². The number of hydrogen-bond donors (Lipinski definition) is 2. The van der Waals surface area contributed by atoms with Crippen molar-refractivity contribution in [2.45, 2.75) is 37.8 Å². The predicted octanol–water partition coefficient (Wildman–Crippen LogP) is 0.0336. The van der Waals surface area contributed by atoms with Crippen LogP contribution >= 0.6 is 0 Å². The summed E-state index contributed by atoms with van der Waals surface area (Å²) in [6.45, 7) is 4.42. The number of carbonyl (C=O) groups is 1. The summed E-state index contributed by atoms with van der Waals surface area (Å²) < 4.78 is 5.29. The van der Waals surface area contributed by atoms with Crippen molar-refractivity contribution >= 4 is 5.91 Å². The molecule has 2 rings (SSSR count). The molecule has 0 aliphatic carbocycles. The normalized spacial score (nSPS) is 37.4. The molecule has 2 N–H and O–H groups in total. The van der Waals surface area contributed by atoms with Gasteiger partial charge in [0, 0.05) is 6.61 Å². The smallest absolute Gasteiger partial charge is 0.237 e. The van der Waals surface area contributed by atoms with Crippen molar-refractivity contribution < 1.29 is 9.53 Å². The van der Waals surface area contributed by atoms with Crippen molar-refractivity contribution in [3.8, 4) is 0 Å². The summed E-state index contributed by atoms with van der Waals surface area (Å²) in [6, 6.07) is 0.0208. The SMILES string of the molecule is CC1(NC(=O)[C@H]2CCCN2)CCOC1. The average Bonchev–Trinajstić information content (AvgIpc) is 2.74. The fraction of sp³-hybridized carbons (Fsp3) is 0.900. The second kappa shape index (κ2) is 3.87. The molecule has 0 radical (unpaired) electrons. The predicted molar refractivity (Wildman–Crippen MR) is 53.0 cm³/mol. The highest BCUT2D eigenvalue weighted by Crippen LogP contribution is 2.18. The van der Waals surface area contributed by atoms with E-state index in [1.165, 1.54) is 0 Å². The van der Waals surface area contributed by atoms with Crippen molar-refractivity contribution in [1.82, 2.24) is 10.6 Å². The minimum atomic E-state index is -0.138. The van der Waals surface area contributed by atoms with Crippen LogP contribution in [-0.4, -0.2) is 37.2 Å². The van der Waals surface area contributed by atoms with Crippen molar-refractivity contribution in [3.05, 3.63) is 0 Å². The third-order valence-electron chi connectivity index (χ3n) is 3.02. The lowest BCUT2D eigenvalue weighted by Gasteiger charge is -2.25. The van der Waals surface area contributed by atoms with Gasteiger partial charge in [-0.15, -0.1) is 0 Å². The Balaban J connectivity index is 1.86. The van der Waals surface area contributed by atoms with Gasteiger partial charge in [-0.2, -0.15) is 0 Å². The van der Waals surface area contributed by atoms with Crippen LogP contribution in [0.15, 0.2) is 0 Å². The third-order valence-corrected chi connectivity index (χ3v) is 3.02. The molecular weight excluding hydrogens is 180 g/mol. The van der Waals surface area contributed by atoms with Crippen molar-refractivity contribution in [2.24, 2.45) is 0 Å². The highest BCUT2D eigenvalue weighted by molar-refractivity contribution is 5.82. The number of amides is 1. The summed E-state index contributed by atoms with van der Waals surface area (Å²) in [5.41, 5.74) is -0.138. The molecule has 2 saturated heterocycles. The number of hydrogen-bond acceptors (Lipinski definition) is 3. The standard InChI is InChI=1S/C10H18N2O2/c1-10(4-6-14-7-10)12-9(13)8-3-2-5-11-8/h8,11H,2-7H2,1H3,(H,12,13)/t8-,10?/m1/s1. The van der Waals surface area contributed by atoms with Gasteiger partial charge in [-0.25, -0.2) is 0 Å². The number of ether oxygens (including phenoxy) is 1. The Hall–Kier alpha value is -0.610. The van der Waals surface area contributed by atoms with Crippen LogP contribution in [-0.2, 0) is 9.53 Å². The molecule has 0 aromatic rings. The molecule has 4 nitrogen and oxygen atoms in total.